The molecule has 0 unspecified atom stereocenters. The van der Waals surface area contributed by atoms with E-state index in [1.165, 1.54) is 12.1 Å². The summed E-state index contributed by atoms with van der Waals surface area (Å²) in [6.07, 6.45) is 0.813. The Morgan fingerprint density at radius 2 is 1.76 bits per heavy atom. The van der Waals surface area contributed by atoms with E-state index in [9.17, 15) is 14.0 Å². The summed E-state index contributed by atoms with van der Waals surface area (Å²) in [5, 5.41) is 0. The van der Waals surface area contributed by atoms with Crippen LogP contribution >= 0.6 is 0 Å². The molecule has 1 saturated carbocycles. The summed E-state index contributed by atoms with van der Waals surface area (Å²) < 4.78 is 13.7. The van der Waals surface area contributed by atoms with Crippen molar-refractivity contribution in [3.8, 4) is 0 Å². The van der Waals surface area contributed by atoms with Crippen molar-refractivity contribution in [1.82, 2.24) is 0 Å². The summed E-state index contributed by atoms with van der Waals surface area (Å²) in [6.45, 7) is 1.98. The topological polar surface area (TPSA) is 34.1 Å². The Labute approximate surface area is 122 Å². The van der Waals surface area contributed by atoms with Crippen molar-refractivity contribution < 1.29 is 14.0 Å². The van der Waals surface area contributed by atoms with E-state index in [0.717, 1.165) is 17.4 Å². The van der Waals surface area contributed by atoms with E-state index in [1.807, 2.05) is 31.2 Å². The van der Waals surface area contributed by atoms with E-state index in [1.54, 1.807) is 12.1 Å². The lowest BCUT2D eigenvalue weighted by Gasteiger charge is -2.02. The number of carbonyl (C=O) groups is 2. The fourth-order valence-electron chi connectivity index (χ4n) is 2.90. The van der Waals surface area contributed by atoms with Crippen LogP contribution in [0.4, 0.5) is 4.39 Å². The Hall–Kier alpha value is -2.29. The van der Waals surface area contributed by atoms with Gasteiger partial charge >= 0.3 is 0 Å². The molecule has 3 atom stereocenters. The Balaban J connectivity index is 1.89. The molecule has 0 aromatic heterocycles. The number of ketones is 1. The number of carbonyl (C=O) groups excluding carboxylic acids is 2. The molecule has 0 spiro atoms. The third-order valence-corrected chi connectivity index (χ3v) is 4.14. The quantitative estimate of drug-likeness (QED) is 0.635. The zero-order valence-corrected chi connectivity index (χ0v) is 11.6. The van der Waals surface area contributed by atoms with Gasteiger partial charge in [-0.05, 0) is 24.6 Å². The van der Waals surface area contributed by atoms with Crippen molar-refractivity contribution >= 4 is 12.1 Å². The maximum atomic E-state index is 13.7. The third-order valence-electron chi connectivity index (χ3n) is 4.14. The van der Waals surface area contributed by atoms with Crippen LogP contribution in [0.1, 0.15) is 27.4 Å². The van der Waals surface area contributed by atoms with E-state index in [-0.39, 0.29) is 23.2 Å². The van der Waals surface area contributed by atoms with E-state index >= 15 is 0 Å². The normalized spacial score (nSPS) is 23.6. The van der Waals surface area contributed by atoms with Crippen LogP contribution < -0.4 is 0 Å². The molecular weight excluding hydrogens is 267 g/mol. The summed E-state index contributed by atoms with van der Waals surface area (Å²) in [6, 6.07) is 13.7. The SMILES string of the molecule is Cc1ccc([C@H]2[C@H](C=O)[C@H]2C(=O)c2ccccc2F)cc1. The molecule has 0 amide bonds. The highest BCUT2D eigenvalue weighted by atomic mass is 19.1. The lowest BCUT2D eigenvalue weighted by Crippen LogP contribution is -2.07. The lowest BCUT2D eigenvalue weighted by atomic mass is 10.0. The van der Waals surface area contributed by atoms with Gasteiger partial charge in [-0.3, -0.25) is 4.79 Å². The van der Waals surface area contributed by atoms with Gasteiger partial charge in [0, 0.05) is 17.8 Å². The molecule has 2 aromatic rings. The highest BCUT2D eigenvalue weighted by Gasteiger charge is 2.55. The van der Waals surface area contributed by atoms with Gasteiger partial charge < -0.3 is 4.79 Å². The predicted molar refractivity (Wildman–Crippen MR) is 77.7 cm³/mol. The Morgan fingerprint density at radius 1 is 1.10 bits per heavy atom. The van der Waals surface area contributed by atoms with Crippen molar-refractivity contribution in [2.24, 2.45) is 11.8 Å². The lowest BCUT2D eigenvalue weighted by molar-refractivity contribution is -0.109. The third kappa shape index (κ3) is 2.40. The Bertz CT molecular complexity index is 691. The van der Waals surface area contributed by atoms with Crippen molar-refractivity contribution in [1.29, 1.82) is 0 Å². The molecule has 0 N–H and O–H groups in total. The van der Waals surface area contributed by atoms with E-state index in [0.29, 0.717) is 0 Å². The van der Waals surface area contributed by atoms with Crippen LogP contribution in [0.3, 0.4) is 0 Å². The molecule has 0 bridgehead atoms. The van der Waals surface area contributed by atoms with Crippen molar-refractivity contribution in [3.05, 3.63) is 71.0 Å². The second kappa shape index (κ2) is 5.24. The highest BCUT2D eigenvalue weighted by Crippen LogP contribution is 2.54. The fraction of sp³-hybridized carbons (Fsp3) is 0.222. The van der Waals surface area contributed by atoms with Crippen LogP contribution in [-0.2, 0) is 4.79 Å². The molecular formula is C18H15FO2. The average molecular weight is 282 g/mol. The number of Topliss-reactive ketones (excluding diaryl/α,β-unsaturated/α-hetero) is 1. The summed E-state index contributed by atoms with van der Waals surface area (Å²) >= 11 is 0. The fourth-order valence-corrected chi connectivity index (χ4v) is 2.90. The summed E-state index contributed by atoms with van der Waals surface area (Å²) in [5.74, 6) is -1.73. The van der Waals surface area contributed by atoms with E-state index in [2.05, 4.69) is 0 Å². The molecule has 1 aliphatic carbocycles. The average Bonchev–Trinajstić information content (AvgIpc) is 3.22. The summed E-state index contributed by atoms with van der Waals surface area (Å²) in [4.78, 5) is 23.7. The monoisotopic (exact) mass is 282 g/mol. The van der Waals surface area contributed by atoms with Crippen LogP contribution in [0.5, 0.6) is 0 Å². The van der Waals surface area contributed by atoms with Gasteiger partial charge in [-0.2, -0.15) is 0 Å². The van der Waals surface area contributed by atoms with E-state index in [4.69, 9.17) is 0 Å². The smallest absolute Gasteiger partial charge is 0.170 e. The molecule has 3 heteroatoms. The minimum atomic E-state index is -0.526. The van der Waals surface area contributed by atoms with Gasteiger partial charge in [-0.1, -0.05) is 42.0 Å². The minimum Gasteiger partial charge on any atom is -0.303 e. The standard InChI is InChI=1S/C18H15FO2/c1-11-6-8-12(9-7-11)16-14(10-20)17(16)18(21)13-4-2-3-5-15(13)19/h2-10,14,16-17H,1H3/t14-,16-,17+/m0/s1. The zero-order valence-electron chi connectivity index (χ0n) is 11.6. The zero-order chi connectivity index (χ0) is 15.0. The van der Waals surface area contributed by atoms with Gasteiger partial charge in [0.25, 0.3) is 0 Å². The molecule has 2 aromatic carbocycles. The molecule has 2 nitrogen and oxygen atoms in total. The molecule has 1 aliphatic rings. The van der Waals surface area contributed by atoms with Gasteiger partial charge in [-0.15, -0.1) is 0 Å². The second-order valence-electron chi connectivity index (χ2n) is 5.52. The first kappa shape index (κ1) is 13.7. The Morgan fingerprint density at radius 3 is 2.38 bits per heavy atom. The van der Waals surface area contributed by atoms with Gasteiger partial charge in [-0.25, -0.2) is 4.39 Å². The van der Waals surface area contributed by atoms with Crippen LogP contribution in [-0.4, -0.2) is 12.1 Å². The minimum absolute atomic E-state index is 0.0731. The summed E-state index contributed by atoms with van der Waals surface area (Å²) in [5.41, 5.74) is 2.16. The van der Waals surface area contributed by atoms with Crippen LogP contribution in [0.15, 0.2) is 48.5 Å². The first-order valence-corrected chi connectivity index (χ1v) is 6.94. The molecule has 106 valence electrons. The van der Waals surface area contributed by atoms with Gasteiger partial charge in [0.2, 0.25) is 0 Å². The first-order chi connectivity index (χ1) is 10.1. The molecule has 0 aliphatic heterocycles. The molecule has 0 heterocycles. The van der Waals surface area contributed by atoms with E-state index < -0.39 is 11.7 Å². The van der Waals surface area contributed by atoms with Crippen molar-refractivity contribution in [3.63, 3.8) is 0 Å². The Kier molecular flexibility index (Phi) is 3.42. The molecule has 0 saturated heterocycles. The number of aryl methyl sites for hydroxylation is 1. The number of benzene rings is 2. The maximum absolute atomic E-state index is 13.7. The van der Waals surface area contributed by atoms with Crippen molar-refractivity contribution in [2.45, 2.75) is 12.8 Å². The summed E-state index contributed by atoms with van der Waals surface area (Å²) in [7, 11) is 0. The number of halogens is 1. The number of hydrogen-bond donors (Lipinski definition) is 0. The van der Waals surface area contributed by atoms with Crippen LogP contribution in [0.25, 0.3) is 0 Å². The van der Waals surface area contributed by atoms with Gasteiger partial charge in [0.15, 0.2) is 5.78 Å². The number of rotatable bonds is 4. The molecule has 3 rings (SSSR count). The predicted octanol–water partition coefficient (Wildman–Crippen LogP) is 3.55. The first-order valence-electron chi connectivity index (χ1n) is 6.94. The molecule has 0 radical (unpaired) electrons. The molecule has 1 fully saturated rings. The second-order valence-corrected chi connectivity index (χ2v) is 5.52. The maximum Gasteiger partial charge on any atom is 0.170 e. The highest BCUT2D eigenvalue weighted by molar-refractivity contribution is 6.03. The molecule has 21 heavy (non-hydrogen) atoms. The number of hydrogen-bond acceptors (Lipinski definition) is 2. The number of aldehydes is 1. The van der Waals surface area contributed by atoms with Crippen LogP contribution in [0, 0.1) is 24.6 Å². The van der Waals surface area contributed by atoms with Crippen LogP contribution in [0.2, 0.25) is 0 Å². The van der Waals surface area contributed by atoms with Crippen molar-refractivity contribution in [2.75, 3.05) is 0 Å². The van der Waals surface area contributed by atoms with Gasteiger partial charge in [0.05, 0.1) is 5.56 Å². The van der Waals surface area contributed by atoms with Gasteiger partial charge in [0.1, 0.15) is 12.1 Å². The largest absolute Gasteiger partial charge is 0.303 e.